The summed E-state index contributed by atoms with van der Waals surface area (Å²) < 4.78 is 13.5. The number of rotatable bonds is 6. The minimum atomic E-state index is -0.763. The van der Waals surface area contributed by atoms with Gasteiger partial charge in [0, 0.05) is 18.7 Å². The lowest BCUT2D eigenvalue weighted by Gasteiger charge is -2.11. The number of nitrogens with zero attached hydrogens (tertiary/aromatic N) is 1. The highest BCUT2D eigenvalue weighted by Gasteiger charge is 2.17. The molecule has 0 radical (unpaired) electrons. The van der Waals surface area contributed by atoms with Gasteiger partial charge >= 0.3 is 0 Å². The Bertz CT molecular complexity index is 482. The Labute approximate surface area is 114 Å². The third-order valence-electron chi connectivity index (χ3n) is 2.47. The van der Waals surface area contributed by atoms with Gasteiger partial charge in [0.25, 0.3) is 11.6 Å². The lowest BCUT2D eigenvalue weighted by Crippen LogP contribution is -2.29. The van der Waals surface area contributed by atoms with E-state index in [0.717, 1.165) is 24.0 Å². The van der Waals surface area contributed by atoms with E-state index >= 15 is 0 Å². The molecule has 0 spiro atoms. The van der Waals surface area contributed by atoms with Crippen LogP contribution in [0.4, 0.5) is 10.1 Å². The average Bonchev–Trinajstić information content (AvgIpc) is 2.36. The van der Waals surface area contributed by atoms with Crippen LogP contribution in [0.5, 0.6) is 0 Å². The van der Waals surface area contributed by atoms with Gasteiger partial charge in [0.15, 0.2) is 0 Å². The molecule has 0 bridgehead atoms. The number of nitro benzene ring substituents is 1. The van der Waals surface area contributed by atoms with Crippen molar-refractivity contribution < 1.29 is 14.1 Å². The normalized spacial score (nSPS) is 11.9. The fraction of sp³-hybridized carbons (Fsp3) is 0.417. The van der Waals surface area contributed by atoms with E-state index in [-0.39, 0.29) is 17.2 Å². The number of nitrogens with one attached hydrogen (secondary N) is 1. The maximum atomic E-state index is 13.5. The van der Waals surface area contributed by atoms with Gasteiger partial charge in [0.05, 0.1) is 10.5 Å². The van der Waals surface area contributed by atoms with Crippen LogP contribution >= 0.6 is 11.8 Å². The molecule has 1 atom stereocenters. The molecule has 0 saturated carbocycles. The first kappa shape index (κ1) is 15.4. The van der Waals surface area contributed by atoms with Crippen molar-refractivity contribution in [3.05, 3.63) is 39.7 Å². The van der Waals surface area contributed by atoms with Gasteiger partial charge in [-0.3, -0.25) is 14.9 Å². The summed E-state index contributed by atoms with van der Waals surface area (Å²) in [5.41, 5.74) is -0.603. The van der Waals surface area contributed by atoms with Crippen LogP contribution in [0.3, 0.4) is 0 Å². The third-order valence-corrected chi connectivity index (χ3v) is 3.37. The van der Waals surface area contributed by atoms with E-state index in [9.17, 15) is 19.3 Å². The molecule has 104 valence electrons. The molecular weight excluding hydrogens is 271 g/mol. The molecule has 1 aromatic rings. The van der Waals surface area contributed by atoms with Crippen LogP contribution in [-0.2, 0) is 0 Å². The number of thioether (sulfide) groups is 1. The van der Waals surface area contributed by atoms with Crippen molar-refractivity contribution in [2.24, 2.45) is 5.92 Å². The quantitative estimate of drug-likeness (QED) is 0.644. The fourth-order valence-corrected chi connectivity index (χ4v) is 2.19. The van der Waals surface area contributed by atoms with Crippen LogP contribution in [0, 0.1) is 21.8 Å². The van der Waals surface area contributed by atoms with Crippen molar-refractivity contribution in [1.29, 1.82) is 0 Å². The van der Waals surface area contributed by atoms with Crippen LogP contribution < -0.4 is 5.32 Å². The number of halogens is 1. The molecule has 0 saturated heterocycles. The zero-order valence-electron chi connectivity index (χ0n) is 10.7. The number of hydrogen-bond donors (Lipinski definition) is 1. The molecule has 0 aliphatic rings. The lowest BCUT2D eigenvalue weighted by molar-refractivity contribution is -0.384. The lowest BCUT2D eigenvalue weighted by atomic mass is 10.1. The van der Waals surface area contributed by atoms with Crippen molar-refractivity contribution in [2.45, 2.75) is 6.92 Å². The minimum Gasteiger partial charge on any atom is -0.352 e. The van der Waals surface area contributed by atoms with Crippen LogP contribution in [0.15, 0.2) is 18.2 Å². The summed E-state index contributed by atoms with van der Waals surface area (Å²) in [4.78, 5) is 21.7. The fourth-order valence-electron chi connectivity index (χ4n) is 1.51. The van der Waals surface area contributed by atoms with Gasteiger partial charge in [0.2, 0.25) is 0 Å². The molecule has 1 N–H and O–H groups in total. The molecule has 1 rings (SSSR count). The molecule has 19 heavy (non-hydrogen) atoms. The first-order valence-corrected chi connectivity index (χ1v) is 7.06. The second kappa shape index (κ2) is 7.08. The topological polar surface area (TPSA) is 72.2 Å². The minimum absolute atomic E-state index is 0.251. The maximum Gasteiger partial charge on any atom is 0.270 e. The second-order valence-electron chi connectivity index (χ2n) is 4.19. The van der Waals surface area contributed by atoms with Gasteiger partial charge in [0.1, 0.15) is 5.82 Å². The van der Waals surface area contributed by atoms with Gasteiger partial charge < -0.3 is 5.32 Å². The second-order valence-corrected chi connectivity index (χ2v) is 5.10. The summed E-state index contributed by atoms with van der Waals surface area (Å²) in [5.74, 6) is -0.270. The van der Waals surface area contributed by atoms with E-state index in [2.05, 4.69) is 5.32 Å². The summed E-state index contributed by atoms with van der Waals surface area (Å²) in [6.45, 7) is 2.36. The van der Waals surface area contributed by atoms with Crippen molar-refractivity contribution in [2.75, 3.05) is 18.6 Å². The number of nitro groups is 1. The van der Waals surface area contributed by atoms with Crippen molar-refractivity contribution >= 4 is 23.4 Å². The van der Waals surface area contributed by atoms with Crippen molar-refractivity contribution in [1.82, 2.24) is 5.32 Å². The number of carbonyl (C=O) groups excluding carboxylic acids is 1. The van der Waals surface area contributed by atoms with Crippen LogP contribution in [0.2, 0.25) is 0 Å². The Morgan fingerprint density at radius 1 is 1.58 bits per heavy atom. The highest BCUT2D eigenvalue weighted by atomic mass is 32.2. The summed E-state index contributed by atoms with van der Waals surface area (Å²) >= 11 is 1.65. The number of benzene rings is 1. The largest absolute Gasteiger partial charge is 0.352 e. The number of carbonyl (C=O) groups is 1. The zero-order chi connectivity index (χ0) is 14.4. The summed E-state index contributed by atoms with van der Waals surface area (Å²) in [6.07, 6.45) is 1.96. The Morgan fingerprint density at radius 3 is 2.84 bits per heavy atom. The number of amides is 1. The van der Waals surface area contributed by atoms with E-state index in [4.69, 9.17) is 0 Å². The van der Waals surface area contributed by atoms with E-state index < -0.39 is 16.6 Å². The van der Waals surface area contributed by atoms with E-state index in [1.807, 2.05) is 13.2 Å². The molecule has 1 amide bonds. The first-order valence-electron chi connectivity index (χ1n) is 5.66. The summed E-state index contributed by atoms with van der Waals surface area (Å²) in [5, 5.41) is 13.2. The Balaban J connectivity index is 2.76. The van der Waals surface area contributed by atoms with Gasteiger partial charge in [-0.1, -0.05) is 6.92 Å². The molecule has 0 heterocycles. The predicted molar refractivity (Wildman–Crippen MR) is 72.9 cm³/mol. The predicted octanol–water partition coefficient (Wildman–Crippen LogP) is 2.46. The number of hydrogen-bond acceptors (Lipinski definition) is 4. The molecule has 1 aromatic carbocycles. The first-order chi connectivity index (χ1) is 8.95. The van der Waals surface area contributed by atoms with E-state index in [1.54, 1.807) is 11.8 Å². The smallest absolute Gasteiger partial charge is 0.270 e. The van der Waals surface area contributed by atoms with Crippen molar-refractivity contribution in [3.8, 4) is 0 Å². The van der Waals surface area contributed by atoms with Gasteiger partial charge in [-0.25, -0.2) is 4.39 Å². The Hall–Kier alpha value is -1.63. The maximum absolute atomic E-state index is 13.5. The monoisotopic (exact) mass is 286 g/mol. The van der Waals surface area contributed by atoms with E-state index in [0.29, 0.717) is 6.54 Å². The summed E-state index contributed by atoms with van der Waals surface area (Å²) in [7, 11) is 0. The molecule has 7 heteroatoms. The molecular formula is C12H15FN2O3S. The molecule has 0 aliphatic carbocycles. The summed E-state index contributed by atoms with van der Waals surface area (Å²) in [6, 6.07) is 2.91. The molecule has 0 aromatic heterocycles. The standard InChI is InChI=1S/C12H15FN2O3S/c1-8(7-19-2)6-14-12(16)10-5-9(15(17)18)3-4-11(10)13/h3-5,8H,6-7H2,1-2H3,(H,14,16). The Morgan fingerprint density at radius 2 is 2.26 bits per heavy atom. The van der Waals surface area contributed by atoms with Crippen LogP contribution in [0.25, 0.3) is 0 Å². The van der Waals surface area contributed by atoms with E-state index in [1.165, 1.54) is 0 Å². The molecule has 0 aliphatic heterocycles. The number of non-ortho nitro benzene ring substituents is 1. The van der Waals surface area contributed by atoms with Crippen LogP contribution in [-0.4, -0.2) is 29.4 Å². The zero-order valence-corrected chi connectivity index (χ0v) is 11.5. The van der Waals surface area contributed by atoms with Crippen LogP contribution in [0.1, 0.15) is 17.3 Å². The Kier molecular flexibility index (Phi) is 5.75. The van der Waals surface area contributed by atoms with Gasteiger partial charge in [-0.05, 0) is 24.0 Å². The van der Waals surface area contributed by atoms with Gasteiger partial charge in [-0.2, -0.15) is 11.8 Å². The molecule has 1 unspecified atom stereocenters. The highest BCUT2D eigenvalue weighted by Crippen LogP contribution is 2.16. The third kappa shape index (κ3) is 4.51. The highest BCUT2D eigenvalue weighted by molar-refractivity contribution is 7.98. The molecule has 0 fully saturated rings. The van der Waals surface area contributed by atoms with Gasteiger partial charge in [-0.15, -0.1) is 0 Å². The van der Waals surface area contributed by atoms with Crippen molar-refractivity contribution in [3.63, 3.8) is 0 Å². The molecule has 5 nitrogen and oxygen atoms in total. The SMILES string of the molecule is CSCC(C)CNC(=O)c1cc([N+](=O)[O-])ccc1F. The average molecular weight is 286 g/mol.